The van der Waals surface area contributed by atoms with Crippen LogP contribution in [0.2, 0.25) is 0 Å². The number of fused-ring (bicyclic) bond motifs is 1. The first-order chi connectivity index (χ1) is 10.3. The molecule has 1 atom stereocenters. The van der Waals surface area contributed by atoms with Crippen LogP contribution in [0.1, 0.15) is 24.2 Å². The number of rotatable bonds is 5. The number of likely N-dealkylation sites (N-methyl/N-ethyl adjacent to an activating group) is 1. The summed E-state index contributed by atoms with van der Waals surface area (Å²) in [5, 5.41) is 11.6. The van der Waals surface area contributed by atoms with Gasteiger partial charge in [0.05, 0.1) is 5.69 Å². The van der Waals surface area contributed by atoms with E-state index in [1.807, 2.05) is 19.3 Å². The Balaban J connectivity index is 1.82. The van der Waals surface area contributed by atoms with E-state index < -0.39 is 0 Å². The molecule has 0 amide bonds. The minimum atomic E-state index is 0.183. The summed E-state index contributed by atoms with van der Waals surface area (Å²) in [5.41, 5.74) is 2.14. The Morgan fingerprint density at radius 1 is 1.29 bits per heavy atom. The van der Waals surface area contributed by atoms with Crippen molar-refractivity contribution >= 4 is 0 Å². The third-order valence-corrected chi connectivity index (χ3v) is 3.48. The third kappa shape index (κ3) is 3.16. The van der Waals surface area contributed by atoms with Gasteiger partial charge in [-0.3, -0.25) is 4.68 Å². The molecule has 1 unspecified atom stereocenters. The summed E-state index contributed by atoms with van der Waals surface area (Å²) in [7, 11) is 1.88. The summed E-state index contributed by atoms with van der Waals surface area (Å²) in [6.07, 6.45) is 2.74. The molecule has 0 saturated heterocycles. The standard InChI is InChI=1S/C15H20N4O2/c1-3-16-13(9-12-10-19(2)18-17-12)11-4-5-14-15(8-11)21-7-6-20-14/h4-5,8,10,13,16H,3,6-7,9H2,1-2H3. The maximum Gasteiger partial charge on any atom is 0.161 e. The molecule has 1 aromatic carbocycles. The summed E-state index contributed by atoms with van der Waals surface area (Å²) in [5.74, 6) is 1.64. The fraction of sp³-hybridized carbons (Fsp3) is 0.467. The van der Waals surface area contributed by atoms with Crippen molar-refractivity contribution in [3.05, 3.63) is 35.7 Å². The van der Waals surface area contributed by atoms with Crippen molar-refractivity contribution in [2.24, 2.45) is 7.05 Å². The first-order valence-electron chi connectivity index (χ1n) is 7.24. The highest BCUT2D eigenvalue weighted by Crippen LogP contribution is 2.33. The topological polar surface area (TPSA) is 61.2 Å². The Bertz CT molecular complexity index is 611. The van der Waals surface area contributed by atoms with E-state index >= 15 is 0 Å². The van der Waals surface area contributed by atoms with E-state index in [0.29, 0.717) is 13.2 Å². The number of ether oxygens (including phenoxy) is 2. The number of nitrogens with zero attached hydrogens (tertiary/aromatic N) is 3. The highest BCUT2D eigenvalue weighted by molar-refractivity contribution is 5.44. The minimum Gasteiger partial charge on any atom is -0.486 e. The monoisotopic (exact) mass is 288 g/mol. The molecule has 0 fully saturated rings. The lowest BCUT2D eigenvalue weighted by Crippen LogP contribution is -2.23. The van der Waals surface area contributed by atoms with E-state index in [4.69, 9.17) is 9.47 Å². The molecular weight excluding hydrogens is 268 g/mol. The van der Waals surface area contributed by atoms with Crippen molar-refractivity contribution in [3.8, 4) is 11.5 Å². The van der Waals surface area contributed by atoms with Gasteiger partial charge < -0.3 is 14.8 Å². The van der Waals surface area contributed by atoms with Gasteiger partial charge in [0.15, 0.2) is 11.5 Å². The van der Waals surface area contributed by atoms with E-state index in [2.05, 4.69) is 34.7 Å². The smallest absolute Gasteiger partial charge is 0.161 e. The molecule has 0 aliphatic carbocycles. The van der Waals surface area contributed by atoms with Gasteiger partial charge in [-0.1, -0.05) is 18.2 Å². The number of hydrogen-bond acceptors (Lipinski definition) is 5. The average molecular weight is 288 g/mol. The second-order valence-corrected chi connectivity index (χ2v) is 5.10. The molecule has 1 aliphatic heterocycles. The molecule has 112 valence electrons. The van der Waals surface area contributed by atoms with Crippen LogP contribution in [0.4, 0.5) is 0 Å². The van der Waals surface area contributed by atoms with Gasteiger partial charge in [-0.15, -0.1) is 5.10 Å². The van der Waals surface area contributed by atoms with Crippen LogP contribution in [0.15, 0.2) is 24.4 Å². The zero-order valence-electron chi connectivity index (χ0n) is 12.4. The molecule has 2 aromatic rings. The van der Waals surface area contributed by atoms with Gasteiger partial charge in [0.1, 0.15) is 13.2 Å². The minimum absolute atomic E-state index is 0.183. The number of hydrogen-bond donors (Lipinski definition) is 1. The van der Waals surface area contributed by atoms with E-state index in [0.717, 1.165) is 30.2 Å². The van der Waals surface area contributed by atoms with Crippen molar-refractivity contribution in [1.82, 2.24) is 20.3 Å². The van der Waals surface area contributed by atoms with Gasteiger partial charge in [-0.25, -0.2) is 0 Å². The highest BCUT2D eigenvalue weighted by atomic mass is 16.6. The lowest BCUT2D eigenvalue weighted by molar-refractivity contribution is 0.171. The summed E-state index contributed by atoms with van der Waals surface area (Å²) >= 11 is 0. The van der Waals surface area contributed by atoms with Crippen molar-refractivity contribution in [3.63, 3.8) is 0 Å². The quantitative estimate of drug-likeness (QED) is 0.903. The molecule has 6 nitrogen and oxygen atoms in total. The molecule has 0 saturated carbocycles. The molecule has 0 radical (unpaired) electrons. The van der Waals surface area contributed by atoms with Crippen molar-refractivity contribution in [2.75, 3.05) is 19.8 Å². The molecule has 6 heteroatoms. The maximum atomic E-state index is 5.66. The molecular formula is C15H20N4O2. The predicted molar refractivity (Wildman–Crippen MR) is 78.6 cm³/mol. The van der Waals surface area contributed by atoms with E-state index in [9.17, 15) is 0 Å². The molecule has 1 N–H and O–H groups in total. The second kappa shape index (κ2) is 6.13. The third-order valence-electron chi connectivity index (χ3n) is 3.48. The highest BCUT2D eigenvalue weighted by Gasteiger charge is 2.17. The SMILES string of the molecule is CCNC(Cc1cn(C)nn1)c1ccc2c(c1)OCCO2. The lowest BCUT2D eigenvalue weighted by Gasteiger charge is -2.22. The molecule has 0 bridgehead atoms. The molecule has 3 rings (SSSR count). The Labute approximate surface area is 124 Å². The van der Waals surface area contributed by atoms with Crippen LogP contribution in [0, 0.1) is 0 Å². The van der Waals surface area contributed by atoms with Crippen molar-refractivity contribution in [2.45, 2.75) is 19.4 Å². The summed E-state index contributed by atoms with van der Waals surface area (Å²) in [6.45, 7) is 4.20. The van der Waals surface area contributed by atoms with Crippen LogP contribution in [-0.4, -0.2) is 34.8 Å². The van der Waals surface area contributed by atoms with Gasteiger partial charge in [0.2, 0.25) is 0 Å². The second-order valence-electron chi connectivity index (χ2n) is 5.10. The zero-order valence-corrected chi connectivity index (χ0v) is 12.4. The lowest BCUT2D eigenvalue weighted by atomic mass is 10.0. The predicted octanol–water partition coefficient (Wildman–Crippen LogP) is 1.48. The fourth-order valence-electron chi connectivity index (χ4n) is 2.53. The van der Waals surface area contributed by atoms with E-state index in [-0.39, 0.29) is 6.04 Å². The molecule has 21 heavy (non-hydrogen) atoms. The number of aryl methyl sites for hydroxylation is 1. The average Bonchev–Trinajstić information content (AvgIpc) is 2.91. The van der Waals surface area contributed by atoms with Crippen LogP contribution in [0.5, 0.6) is 11.5 Å². The zero-order chi connectivity index (χ0) is 14.7. The van der Waals surface area contributed by atoms with Gasteiger partial charge in [-0.05, 0) is 24.2 Å². The van der Waals surface area contributed by atoms with Gasteiger partial charge >= 0.3 is 0 Å². The Morgan fingerprint density at radius 3 is 2.81 bits per heavy atom. The molecule has 2 heterocycles. The van der Waals surface area contributed by atoms with Crippen LogP contribution in [0.25, 0.3) is 0 Å². The molecule has 1 aliphatic rings. The normalized spacial score (nSPS) is 15.0. The Morgan fingerprint density at radius 2 is 2.10 bits per heavy atom. The van der Waals surface area contributed by atoms with Crippen LogP contribution < -0.4 is 14.8 Å². The number of aromatic nitrogens is 3. The molecule has 0 spiro atoms. The number of benzene rings is 1. The van der Waals surface area contributed by atoms with Crippen LogP contribution in [0.3, 0.4) is 0 Å². The largest absolute Gasteiger partial charge is 0.486 e. The van der Waals surface area contributed by atoms with Crippen LogP contribution in [-0.2, 0) is 13.5 Å². The van der Waals surface area contributed by atoms with Gasteiger partial charge in [0, 0.05) is 25.7 Å². The first kappa shape index (κ1) is 13.9. The summed E-state index contributed by atoms with van der Waals surface area (Å²) in [4.78, 5) is 0. The first-order valence-corrected chi connectivity index (χ1v) is 7.24. The number of nitrogens with one attached hydrogen (secondary N) is 1. The van der Waals surface area contributed by atoms with Gasteiger partial charge in [-0.2, -0.15) is 0 Å². The van der Waals surface area contributed by atoms with Crippen molar-refractivity contribution < 1.29 is 9.47 Å². The van der Waals surface area contributed by atoms with E-state index in [1.165, 1.54) is 5.56 Å². The van der Waals surface area contributed by atoms with Crippen molar-refractivity contribution in [1.29, 1.82) is 0 Å². The maximum absolute atomic E-state index is 5.66. The Kier molecular flexibility index (Phi) is 4.06. The Hall–Kier alpha value is -2.08. The fourth-order valence-corrected chi connectivity index (χ4v) is 2.53. The summed E-state index contributed by atoms with van der Waals surface area (Å²) in [6, 6.07) is 6.29. The summed E-state index contributed by atoms with van der Waals surface area (Å²) < 4.78 is 13.0. The molecule has 1 aromatic heterocycles. The van der Waals surface area contributed by atoms with Gasteiger partial charge in [0.25, 0.3) is 0 Å². The van der Waals surface area contributed by atoms with E-state index in [1.54, 1.807) is 4.68 Å². The van der Waals surface area contributed by atoms with Crippen LogP contribution >= 0.6 is 0 Å².